The summed E-state index contributed by atoms with van der Waals surface area (Å²) >= 11 is 6.75. The lowest BCUT2D eigenvalue weighted by atomic mass is 10.2. The Morgan fingerprint density at radius 1 is 1.44 bits per heavy atom. The molecule has 0 radical (unpaired) electrons. The summed E-state index contributed by atoms with van der Waals surface area (Å²) in [6, 6.07) is 4.67. The van der Waals surface area contributed by atoms with Gasteiger partial charge < -0.3 is 5.11 Å². The molecule has 0 aliphatic heterocycles. The highest BCUT2D eigenvalue weighted by molar-refractivity contribution is 9.11. The smallest absolute Gasteiger partial charge is 0.328 e. The molecule has 0 fully saturated rings. The maximum atomic E-state index is 11.0. The minimum absolute atomic E-state index is 0.407. The largest absolute Gasteiger partial charge is 0.480 e. The van der Waals surface area contributed by atoms with Crippen molar-refractivity contribution in [1.29, 1.82) is 0 Å². The van der Waals surface area contributed by atoms with Gasteiger partial charge >= 0.3 is 5.97 Å². The van der Waals surface area contributed by atoms with Crippen molar-refractivity contribution in [2.24, 2.45) is 0 Å². The molecule has 2 rings (SSSR count). The van der Waals surface area contributed by atoms with Gasteiger partial charge in [-0.25, -0.2) is 9.48 Å². The number of carboxylic acid groups (broad SMARTS) is 1. The Balaban J connectivity index is 2.52. The highest BCUT2D eigenvalue weighted by atomic mass is 79.9. The van der Waals surface area contributed by atoms with Gasteiger partial charge in [0.1, 0.15) is 0 Å². The first-order valence-corrected chi connectivity index (χ1v) is 6.55. The first kappa shape index (κ1) is 13.2. The van der Waals surface area contributed by atoms with E-state index < -0.39 is 12.0 Å². The molecule has 1 heterocycles. The Kier molecular flexibility index (Phi) is 3.76. The Labute approximate surface area is 119 Å². The molecule has 0 amide bonds. The number of nitrogens with zero attached hydrogens (tertiary/aromatic N) is 4. The number of hydrogen-bond acceptors (Lipinski definition) is 4. The van der Waals surface area contributed by atoms with Crippen molar-refractivity contribution in [2.45, 2.75) is 13.0 Å². The normalized spacial score (nSPS) is 12.4. The summed E-state index contributed by atoms with van der Waals surface area (Å²) < 4.78 is 2.96. The van der Waals surface area contributed by atoms with Crippen molar-refractivity contribution in [3.8, 4) is 11.4 Å². The monoisotopic (exact) mass is 374 g/mol. The van der Waals surface area contributed by atoms with Crippen molar-refractivity contribution < 1.29 is 9.90 Å². The topological polar surface area (TPSA) is 80.9 Å². The van der Waals surface area contributed by atoms with Gasteiger partial charge in [0.05, 0.1) is 0 Å². The van der Waals surface area contributed by atoms with Gasteiger partial charge in [-0.05, 0) is 51.5 Å². The van der Waals surface area contributed by atoms with Crippen LogP contribution in [0.1, 0.15) is 13.0 Å². The summed E-state index contributed by atoms with van der Waals surface area (Å²) in [6.07, 6.45) is 0. The van der Waals surface area contributed by atoms with Gasteiger partial charge in [-0.3, -0.25) is 0 Å². The van der Waals surface area contributed by atoms with Gasteiger partial charge in [-0.1, -0.05) is 15.9 Å². The second-order valence-electron chi connectivity index (χ2n) is 3.59. The molecule has 18 heavy (non-hydrogen) atoms. The van der Waals surface area contributed by atoms with Crippen LogP contribution in [-0.4, -0.2) is 31.3 Å². The van der Waals surface area contributed by atoms with E-state index in [1.54, 1.807) is 0 Å². The molecule has 0 aliphatic rings. The summed E-state index contributed by atoms with van der Waals surface area (Å²) in [6.45, 7) is 1.52. The summed E-state index contributed by atoms with van der Waals surface area (Å²) in [7, 11) is 0. The Bertz CT molecular complexity index is 599. The fraction of sp³-hybridized carbons (Fsp3) is 0.200. The summed E-state index contributed by atoms with van der Waals surface area (Å²) in [4.78, 5) is 11.0. The second-order valence-corrected chi connectivity index (χ2v) is 5.36. The molecule has 6 nitrogen and oxygen atoms in total. The third-order valence-electron chi connectivity index (χ3n) is 2.39. The molecule has 2 aromatic rings. The number of carboxylic acids is 1. The lowest BCUT2D eigenvalue weighted by molar-refractivity contribution is -0.140. The molecule has 0 aliphatic carbocycles. The highest BCUT2D eigenvalue weighted by Gasteiger charge is 2.21. The predicted molar refractivity (Wildman–Crippen MR) is 71.0 cm³/mol. The number of rotatable bonds is 3. The summed E-state index contributed by atoms with van der Waals surface area (Å²) in [5.74, 6) is -0.582. The Morgan fingerprint density at radius 3 is 2.78 bits per heavy atom. The lowest BCUT2D eigenvalue weighted by Crippen LogP contribution is -2.18. The fourth-order valence-corrected chi connectivity index (χ4v) is 2.63. The standard InChI is InChI=1S/C10H8Br2N4O2/c1-5(10(17)18)16-9(13-14-15-16)7-3-2-6(11)4-8(7)12/h2-5H,1H3,(H,17,18). The maximum absolute atomic E-state index is 11.0. The molecule has 1 aromatic heterocycles. The van der Waals surface area contributed by atoms with E-state index in [9.17, 15) is 4.79 Å². The Hall–Kier alpha value is -1.28. The van der Waals surface area contributed by atoms with E-state index >= 15 is 0 Å². The summed E-state index contributed by atoms with van der Waals surface area (Å²) in [5.41, 5.74) is 0.733. The fourth-order valence-electron chi connectivity index (χ4n) is 1.41. The third-order valence-corrected chi connectivity index (χ3v) is 3.54. The van der Waals surface area contributed by atoms with Gasteiger partial charge in [0.2, 0.25) is 0 Å². The first-order chi connectivity index (χ1) is 8.50. The highest BCUT2D eigenvalue weighted by Crippen LogP contribution is 2.30. The number of hydrogen-bond donors (Lipinski definition) is 1. The molecular formula is C10H8Br2N4O2. The zero-order valence-corrected chi connectivity index (χ0v) is 12.4. The van der Waals surface area contributed by atoms with Crippen molar-refractivity contribution in [2.75, 3.05) is 0 Å². The van der Waals surface area contributed by atoms with E-state index in [1.165, 1.54) is 11.6 Å². The van der Waals surface area contributed by atoms with Gasteiger partial charge in [0.25, 0.3) is 0 Å². The van der Waals surface area contributed by atoms with Gasteiger partial charge in [-0.2, -0.15) is 0 Å². The first-order valence-electron chi connectivity index (χ1n) is 4.97. The van der Waals surface area contributed by atoms with Crippen LogP contribution in [0, 0.1) is 0 Å². The van der Waals surface area contributed by atoms with Crippen LogP contribution in [0.3, 0.4) is 0 Å². The van der Waals surface area contributed by atoms with Gasteiger partial charge in [-0.15, -0.1) is 5.10 Å². The van der Waals surface area contributed by atoms with Crippen LogP contribution in [0.25, 0.3) is 11.4 Å². The van der Waals surface area contributed by atoms with E-state index in [0.29, 0.717) is 5.82 Å². The van der Waals surface area contributed by atoms with Crippen molar-refractivity contribution in [3.63, 3.8) is 0 Å². The molecule has 1 unspecified atom stereocenters. The van der Waals surface area contributed by atoms with Crippen LogP contribution < -0.4 is 0 Å². The molecule has 8 heteroatoms. The molecule has 1 N–H and O–H groups in total. The summed E-state index contributed by atoms with van der Waals surface area (Å²) in [5, 5.41) is 20.1. The lowest BCUT2D eigenvalue weighted by Gasteiger charge is -2.09. The van der Waals surface area contributed by atoms with Crippen molar-refractivity contribution in [3.05, 3.63) is 27.1 Å². The Morgan fingerprint density at radius 2 is 2.17 bits per heavy atom. The number of benzene rings is 1. The molecule has 0 spiro atoms. The third kappa shape index (κ3) is 2.44. The number of halogens is 2. The van der Waals surface area contributed by atoms with E-state index in [-0.39, 0.29) is 0 Å². The van der Waals surface area contributed by atoms with Crippen molar-refractivity contribution in [1.82, 2.24) is 20.2 Å². The molecule has 1 atom stereocenters. The van der Waals surface area contributed by atoms with Crippen molar-refractivity contribution >= 4 is 37.8 Å². The molecule has 0 bridgehead atoms. The van der Waals surface area contributed by atoms with Crippen LogP contribution in [0.15, 0.2) is 27.1 Å². The second kappa shape index (κ2) is 5.15. The predicted octanol–water partition coefficient (Wildman–Crippen LogP) is 2.51. The average Bonchev–Trinajstić information content (AvgIpc) is 2.76. The molecular weight excluding hydrogens is 368 g/mol. The van der Waals surface area contributed by atoms with E-state index in [0.717, 1.165) is 14.5 Å². The minimum Gasteiger partial charge on any atom is -0.480 e. The molecule has 1 aromatic carbocycles. The number of aromatic nitrogens is 4. The zero-order chi connectivity index (χ0) is 13.3. The number of carbonyl (C=O) groups is 1. The quantitative estimate of drug-likeness (QED) is 0.891. The minimum atomic E-state index is -0.989. The van der Waals surface area contributed by atoms with Crippen LogP contribution in [0.4, 0.5) is 0 Å². The zero-order valence-electron chi connectivity index (χ0n) is 9.21. The van der Waals surface area contributed by atoms with Crippen LogP contribution >= 0.6 is 31.9 Å². The maximum Gasteiger partial charge on any atom is 0.328 e. The van der Waals surface area contributed by atoms with Gasteiger partial charge in [0, 0.05) is 14.5 Å². The SMILES string of the molecule is CC(C(=O)O)n1nnnc1-c1ccc(Br)cc1Br. The average molecular weight is 376 g/mol. The van der Waals surface area contributed by atoms with Crippen LogP contribution in [0.5, 0.6) is 0 Å². The number of aliphatic carboxylic acids is 1. The molecule has 0 saturated heterocycles. The van der Waals surface area contributed by atoms with Crippen LogP contribution in [0.2, 0.25) is 0 Å². The molecule has 0 saturated carbocycles. The van der Waals surface area contributed by atoms with E-state index in [2.05, 4.69) is 47.4 Å². The molecule has 94 valence electrons. The van der Waals surface area contributed by atoms with E-state index in [4.69, 9.17) is 5.11 Å². The number of tetrazole rings is 1. The van der Waals surface area contributed by atoms with Gasteiger partial charge in [0.15, 0.2) is 11.9 Å². The van der Waals surface area contributed by atoms with Crippen LogP contribution in [-0.2, 0) is 4.79 Å². The van der Waals surface area contributed by atoms with E-state index in [1.807, 2.05) is 18.2 Å².